The minimum absolute atomic E-state index is 0.0380. The van der Waals surface area contributed by atoms with Crippen molar-refractivity contribution in [3.05, 3.63) is 83.2 Å². The summed E-state index contributed by atoms with van der Waals surface area (Å²) in [6, 6.07) is 20.2. The number of fused-ring (bicyclic) bond motifs is 1. The van der Waals surface area contributed by atoms with Crippen molar-refractivity contribution in [2.45, 2.75) is 58.9 Å². The summed E-state index contributed by atoms with van der Waals surface area (Å²) in [6.45, 7) is 8.54. The second-order valence-corrected chi connectivity index (χ2v) is 10.4. The highest BCUT2D eigenvalue weighted by atomic mass is 16.5. The Balaban J connectivity index is 1.31. The van der Waals surface area contributed by atoms with Crippen LogP contribution in [0.1, 0.15) is 55.1 Å². The molecule has 7 heteroatoms. The van der Waals surface area contributed by atoms with Crippen LogP contribution in [-0.2, 0) is 24.2 Å². The molecule has 4 aromatic rings. The van der Waals surface area contributed by atoms with Gasteiger partial charge >= 0.3 is 0 Å². The van der Waals surface area contributed by atoms with Crippen molar-refractivity contribution in [3.63, 3.8) is 0 Å². The Labute approximate surface area is 237 Å². The van der Waals surface area contributed by atoms with Gasteiger partial charge < -0.3 is 24.1 Å². The van der Waals surface area contributed by atoms with Crippen molar-refractivity contribution < 1.29 is 19.0 Å². The van der Waals surface area contributed by atoms with Crippen LogP contribution in [0, 0.1) is 6.92 Å². The predicted octanol–water partition coefficient (Wildman–Crippen LogP) is 6.25. The van der Waals surface area contributed by atoms with Gasteiger partial charge in [0.25, 0.3) is 0 Å². The molecule has 0 fully saturated rings. The monoisotopic (exact) mass is 543 g/mol. The normalized spacial score (nSPS) is 11.2. The first-order valence-corrected chi connectivity index (χ1v) is 14.0. The lowest BCUT2D eigenvalue weighted by Crippen LogP contribution is -2.28. The quantitative estimate of drug-likeness (QED) is 0.190. The molecule has 0 saturated heterocycles. The number of carbonyl (C=O) groups is 1. The van der Waals surface area contributed by atoms with E-state index in [4.69, 9.17) is 19.2 Å². The average Bonchev–Trinajstić information content (AvgIpc) is 3.29. The number of hydrogen-bond acceptors (Lipinski definition) is 5. The number of carbonyl (C=O) groups excluding carboxylic acids is 1. The number of ether oxygens (including phenoxy) is 3. The second kappa shape index (κ2) is 13.9. The third kappa shape index (κ3) is 7.34. The van der Waals surface area contributed by atoms with Gasteiger partial charge in [-0.05, 0) is 72.7 Å². The molecule has 4 rings (SSSR count). The number of aromatic nitrogens is 2. The Hall–Kier alpha value is -4.00. The molecule has 7 nitrogen and oxygen atoms in total. The van der Waals surface area contributed by atoms with Gasteiger partial charge in [-0.3, -0.25) is 4.79 Å². The Morgan fingerprint density at radius 3 is 2.52 bits per heavy atom. The second-order valence-electron chi connectivity index (χ2n) is 10.4. The van der Waals surface area contributed by atoms with Gasteiger partial charge in [0.15, 0.2) is 11.5 Å². The summed E-state index contributed by atoms with van der Waals surface area (Å²) in [7, 11) is 3.19. The molecule has 3 aromatic carbocycles. The first kappa shape index (κ1) is 29.0. The van der Waals surface area contributed by atoms with Crippen molar-refractivity contribution in [2.75, 3.05) is 27.4 Å². The molecule has 0 aliphatic carbocycles. The smallest absolute Gasteiger partial charge is 0.224 e. The van der Waals surface area contributed by atoms with Crippen LogP contribution in [0.3, 0.4) is 0 Å². The minimum Gasteiger partial charge on any atom is -0.493 e. The first-order valence-electron chi connectivity index (χ1n) is 14.0. The van der Waals surface area contributed by atoms with Crippen LogP contribution in [0.4, 0.5) is 0 Å². The number of nitrogens with zero attached hydrogens (tertiary/aromatic N) is 2. The van der Waals surface area contributed by atoms with Crippen molar-refractivity contribution in [1.29, 1.82) is 0 Å². The summed E-state index contributed by atoms with van der Waals surface area (Å²) in [5.74, 6) is 3.62. The third-order valence-electron chi connectivity index (χ3n) is 7.04. The number of hydrogen-bond donors (Lipinski definition) is 1. The van der Waals surface area contributed by atoms with E-state index in [1.165, 1.54) is 11.1 Å². The first-order chi connectivity index (χ1) is 19.4. The fourth-order valence-electron chi connectivity index (χ4n) is 4.92. The zero-order valence-corrected chi connectivity index (χ0v) is 24.3. The molecule has 1 heterocycles. The molecule has 1 N–H and O–H groups in total. The van der Waals surface area contributed by atoms with E-state index in [0.29, 0.717) is 37.0 Å². The predicted molar refractivity (Wildman–Crippen MR) is 160 cm³/mol. The number of nitrogens with one attached hydrogen (secondary N) is 1. The summed E-state index contributed by atoms with van der Waals surface area (Å²) in [5, 5.41) is 3.05. The molecule has 1 amide bonds. The number of rotatable bonds is 14. The number of unbranched alkanes of at least 4 members (excludes halogenated alkanes) is 1. The molecule has 0 aliphatic heterocycles. The van der Waals surface area contributed by atoms with E-state index in [-0.39, 0.29) is 12.3 Å². The average molecular weight is 544 g/mol. The van der Waals surface area contributed by atoms with E-state index in [1.807, 2.05) is 36.4 Å². The summed E-state index contributed by atoms with van der Waals surface area (Å²) < 4.78 is 19.1. The molecule has 0 bridgehead atoms. The fraction of sp³-hybridized carbons (Fsp3) is 0.394. The van der Waals surface area contributed by atoms with Crippen molar-refractivity contribution in [3.8, 4) is 17.2 Å². The fourth-order valence-corrected chi connectivity index (χ4v) is 4.92. The van der Waals surface area contributed by atoms with Gasteiger partial charge in [-0.2, -0.15) is 0 Å². The number of para-hydroxylation sites is 2. The topological polar surface area (TPSA) is 74.6 Å². The summed E-state index contributed by atoms with van der Waals surface area (Å²) >= 11 is 0. The van der Waals surface area contributed by atoms with Gasteiger partial charge in [-0.15, -0.1) is 0 Å². The van der Waals surface area contributed by atoms with Gasteiger partial charge in [-0.25, -0.2) is 4.98 Å². The zero-order chi connectivity index (χ0) is 28.5. The number of aryl methyl sites for hydroxylation is 2. The zero-order valence-electron chi connectivity index (χ0n) is 24.3. The third-order valence-corrected chi connectivity index (χ3v) is 7.04. The van der Waals surface area contributed by atoms with E-state index in [2.05, 4.69) is 54.9 Å². The molecule has 0 unspecified atom stereocenters. The lowest BCUT2D eigenvalue weighted by molar-refractivity contribution is -0.120. The lowest BCUT2D eigenvalue weighted by Gasteiger charge is -2.15. The maximum absolute atomic E-state index is 12.6. The molecule has 212 valence electrons. The van der Waals surface area contributed by atoms with Crippen LogP contribution in [0.2, 0.25) is 0 Å². The number of imidazole rings is 1. The Kier molecular flexibility index (Phi) is 10.1. The number of benzene rings is 3. The Bertz CT molecular complexity index is 1430. The van der Waals surface area contributed by atoms with Crippen LogP contribution in [0.15, 0.2) is 60.7 Å². The van der Waals surface area contributed by atoms with E-state index >= 15 is 0 Å². The van der Waals surface area contributed by atoms with Crippen molar-refractivity contribution in [1.82, 2.24) is 14.9 Å². The Morgan fingerprint density at radius 2 is 1.75 bits per heavy atom. The lowest BCUT2D eigenvalue weighted by atomic mass is 10.0. The number of methoxy groups -OCH3 is 2. The molecule has 0 saturated carbocycles. The largest absolute Gasteiger partial charge is 0.493 e. The SMILES string of the molecule is COc1ccc(CC(=O)NCCc2nc3ccccc3n2CCCCOc2cc(C)ccc2C(C)C)cc1OC. The summed E-state index contributed by atoms with van der Waals surface area (Å²) in [6.07, 6.45) is 2.85. The van der Waals surface area contributed by atoms with Crippen LogP contribution in [0.5, 0.6) is 17.2 Å². The summed E-state index contributed by atoms with van der Waals surface area (Å²) in [5.41, 5.74) is 5.43. The van der Waals surface area contributed by atoms with Crippen molar-refractivity contribution >= 4 is 16.9 Å². The summed E-state index contributed by atoms with van der Waals surface area (Å²) in [4.78, 5) is 17.5. The number of amides is 1. The standard InChI is InChI=1S/C33H41N3O4/c1-23(2)26-14-12-24(3)20-30(26)40-19-9-8-18-36-28-11-7-6-10-27(28)35-32(36)16-17-34-33(37)22-25-13-15-29(38-4)31(21-25)39-5/h6-7,10-15,20-21,23H,8-9,16-19,22H2,1-5H3,(H,34,37). The van der Waals surface area contributed by atoms with Crippen molar-refractivity contribution in [2.24, 2.45) is 0 Å². The molecular formula is C33H41N3O4. The van der Waals surface area contributed by atoms with E-state index in [1.54, 1.807) is 14.2 Å². The molecular weight excluding hydrogens is 502 g/mol. The van der Waals surface area contributed by atoms with Crippen LogP contribution >= 0.6 is 0 Å². The van der Waals surface area contributed by atoms with E-state index in [9.17, 15) is 4.79 Å². The maximum atomic E-state index is 12.6. The van der Waals surface area contributed by atoms with Gasteiger partial charge in [0.05, 0.1) is 38.3 Å². The van der Waals surface area contributed by atoms with Crippen LogP contribution < -0.4 is 19.5 Å². The molecule has 0 aliphatic rings. The molecule has 0 radical (unpaired) electrons. The maximum Gasteiger partial charge on any atom is 0.224 e. The van der Waals surface area contributed by atoms with E-state index in [0.717, 1.165) is 47.6 Å². The molecule has 0 spiro atoms. The van der Waals surface area contributed by atoms with Gasteiger partial charge in [0.1, 0.15) is 11.6 Å². The molecule has 1 aromatic heterocycles. The molecule has 0 atom stereocenters. The van der Waals surface area contributed by atoms with E-state index < -0.39 is 0 Å². The van der Waals surface area contributed by atoms with Crippen LogP contribution in [0.25, 0.3) is 11.0 Å². The Morgan fingerprint density at radius 1 is 0.950 bits per heavy atom. The highest BCUT2D eigenvalue weighted by molar-refractivity contribution is 5.79. The van der Waals surface area contributed by atoms with Gasteiger partial charge in [0, 0.05) is 19.5 Å². The van der Waals surface area contributed by atoms with Crippen LogP contribution in [-0.4, -0.2) is 42.8 Å². The molecule has 40 heavy (non-hydrogen) atoms. The minimum atomic E-state index is -0.0380. The van der Waals surface area contributed by atoms with Gasteiger partial charge in [-0.1, -0.05) is 44.2 Å². The van der Waals surface area contributed by atoms with Gasteiger partial charge in [0.2, 0.25) is 5.91 Å². The highest BCUT2D eigenvalue weighted by Crippen LogP contribution is 2.28. The highest BCUT2D eigenvalue weighted by Gasteiger charge is 2.13.